The summed E-state index contributed by atoms with van der Waals surface area (Å²) in [5, 5.41) is 2.76. The molecule has 0 atom stereocenters. The number of fused-ring (bicyclic) bond motifs is 10. The maximum absolute atomic E-state index is 9.87. The third-order valence-electron chi connectivity index (χ3n) is 19.8. The Morgan fingerprint density at radius 3 is 1.68 bits per heavy atom. The Morgan fingerprint density at radius 1 is 0.507 bits per heavy atom. The molecule has 0 radical (unpaired) electrons. The predicted octanol–water partition coefficient (Wildman–Crippen LogP) is 18.0. The van der Waals surface area contributed by atoms with E-state index in [9.17, 15) is 1.37 Å². The molecule has 0 bridgehead atoms. The first-order chi connectivity index (χ1) is 36.4. The van der Waals surface area contributed by atoms with Crippen LogP contribution in [0.3, 0.4) is 0 Å². The molecule has 0 amide bonds. The lowest BCUT2D eigenvalue weighted by Crippen LogP contribution is -2.61. The van der Waals surface area contributed by atoms with E-state index in [1.165, 1.54) is 72.5 Å². The second-order valence-electron chi connectivity index (χ2n) is 28.8. The van der Waals surface area contributed by atoms with Crippen molar-refractivity contribution in [2.75, 3.05) is 9.80 Å². The third-order valence-corrected chi connectivity index (χ3v) is 19.8. The molecule has 1 aromatic heterocycles. The number of anilines is 6. The molecule has 0 unspecified atom stereocenters. The normalized spacial score (nSPS) is 20.5. The molecule has 8 aromatic rings. The summed E-state index contributed by atoms with van der Waals surface area (Å²) >= 11 is 0. The van der Waals surface area contributed by atoms with Gasteiger partial charge in [0, 0.05) is 33.7 Å². The van der Waals surface area contributed by atoms with E-state index in [-0.39, 0.29) is 56.7 Å². The summed E-state index contributed by atoms with van der Waals surface area (Å²) in [7, 11) is 0. The van der Waals surface area contributed by atoms with Gasteiger partial charge in [-0.15, -0.1) is 0 Å². The average Bonchev–Trinajstić information content (AvgIpc) is 2.78. The lowest BCUT2D eigenvalue weighted by atomic mass is 9.35. The fourth-order valence-electron chi connectivity index (χ4n) is 14.6. The maximum atomic E-state index is 9.87. The first kappa shape index (κ1) is 45.2. The maximum Gasteiger partial charge on any atom is 0.297 e. The van der Waals surface area contributed by atoms with E-state index < -0.39 is 0 Å². The number of furan rings is 1. The zero-order chi connectivity index (χ0) is 55.5. The third kappa shape index (κ3) is 7.19. The molecule has 5 aliphatic rings. The Hall–Kier alpha value is -6.00. The highest BCUT2D eigenvalue weighted by Gasteiger charge is 2.50. The first-order valence-corrected chi connectivity index (χ1v) is 28.2. The van der Waals surface area contributed by atoms with Gasteiger partial charge in [-0.2, -0.15) is 0 Å². The summed E-state index contributed by atoms with van der Waals surface area (Å²) in [5.74, 6) is 0. The van der Waals surface area contributed by atoms with Crippen molar-refractivity contribution in [3.8, 4) is 11.1 Å². The Bertz CT molecular complexity index is 3930. The average molecular weight is 990 g/mol. The zero-order valence-corrected chi connectivity index (χ0v) is 47.9. The molecule has 382 valence electrons. The summed E-state index contributed by atoms with van der Waals surface area (Å²) in [4.78, 5) is 5.18. The minimum Gasteiger partial charge on any atom is -0.468 e. The molecule has 0 saturated carbocycles. The molecule has 0 saturated heterocycles. The van der Waals surface area contributed by atoms with Crippen molar-refractivity contribution in [3.05, 3.63) is 160 Å². The number of benzene rings is 7. The van der Waals surface area contributed by atoms with Crippen LogP contribution >= 0.6 is 0 Å². The van der Waals surface area contributed by atoms with E-state index in [4.69, 9.17) is 7.16 Å². The molecule has 7 aromatic carbocycles. The van der Waals surface area contributed by atoms with E-state index in [0.29, 0.717) is 6.04 Å². The fraction of sp³-hybridized carbons (Fsp3) is 0.408. The van der Waals surface area contributed by atoms with Crippen molar-refractivity contribution in [3.63, 3.8) is 0 Å². The minimum absolute atomic E-state index is 0.0129. The van der Waals surface area contributed by atoms with Gasteiger partial charge in [0.1, 0.15) is 5.58 Å². The van der Waals surface area contributed by atoms with Gasteiger partial charge in [-0.1, -0.05) is 158 Å². The summed E-state index contributed by atoms with van der Waals surface area (Å²) < 4.78 is 34.9. The van der Waals surface area contributed by atoms with Crippen molar-refractivity contribution < 1.29 is 8.53 Å². The molecule has 0 spiro atoms. The van der Waals surface area contributed by atoms with Gasteiger partial charge in [0.05, 0.1) is 21.1 Å². The molecular formula is C71H79BN2O. The molecule has 3 aliphatic carbocycles. The highest BCUT2D eigenvalue weighted by molar-refractivity contribution is 7.00. The SMILES string of the molecule is [2H]c1cc2cc([2H])c(-c3cc(C(C)(C)C)ccc3N3c4cc(C)cc5c4B(c4cc6c(cc4N5c4ccc5c(c4)C(C)(C)CCC5(C)C)C(C)(C)CCC6(C)C)c4oc5cc6c(cc5c43)C(C)(C)CCC6(C)C)cc2cc1[2H]. The largest absolute Gasteiger partial charge is 0.468 e. The number of rotatable bonds is 3. The Balaban J connectivity index is 1.18. The zero-order valence-electron chi connectivity index (χ0n) is 50.9. The van der Waals surface area contributed by atoms with Crippen molar-refractivity contribution >= 4 is 79.2 Å². The molecule has 0 N–H and O–H groups in total. The first-order valence-electron chi connectivity index (χ1n) is 29.7. The van der Waals surface area contributed by atoms with Crippen LogP contribution in [0.25, 0.3) is 32.9 Å². The fourth-order valence-corrected chi connectivity index (χ4v) is 14.6. The quantitative estimate of drug-likeness (QED) is 0.165. The second-order valence-corrected chi connectivity index (χ2v) is 28.8. The van der Waals surface area contributed by atoms with Crippen LogP contribution in [0, 0.1) is 6.92 Å². The van der Waals surface area contributed by atoms with Gasteiger partial charge in [-0.05, 0) is 216 Å². The smallest absolute Gasteiger partial charge is 0.297 e. The number of hydrogen-bond acceptors (Lipinski definition) is 3. The van der Waals surface area contributed by atoms with Gasteiger partial charge in [0.25, 0.3) is 6.71 Å². The van der Waals surface area contributed by atoms with E-state index in [1.54, 1.807) is 12.1 Å². The van der Waals surface area contributed by atoms with Gasteiger partial charge in [0.2, 0.25) is 0 Å². The highest BCUT2D eigenvalue weighted by atomic mass is 16.3. The van der Waals surface area contributed by atoms with E-state index in [1.807, 2.05) is 6.07 Å². The standard InChI is InChI=1S/C71H79BN2O/c1-42-33-59-62-60(34-42)74(57-26-23-46(65(2,3)4)36-48(57)45-22-21-43-19-17-18-20-44(43)35-45)63-49-38-52-55(71(15,16)32-29-68(52,9)10)41-61(49)75-64(63)72(62)56-39-53-54(70(13,14)31-30-69(53,11)12)40-58(56)73(59)47-24-25-50-51(37-47)67(7,8)28-27-66(50,5)6/h17-26,33-41H,27-32H2,1-16H3/i17D,18D,22D. The molecule has 2 aliphatic heterocycles. The lowest BCUT2D eigenvalue weighted by Gasteiger charge is -2.47. The van der Waals surface area contributed by atoms with Gasteiger partial charge in [-0.25, -0.2) is 0 Å². The second kappa shape index (κ2) is 15.6. The van der Waals surface area contributed by atoms with Crippen LogP contribution in [0.4, 0.5) is 34.1 Å². The van der Waals surface area contributed by atoms with Gasteiger partial charge in [-0.3, -0.25) is 0 Å². The van der Waals surface area contributed by atoms with Crippen LogP contribution in [-0.4, -0.2) is 6.71 Å². The molecule has 13 rings (SSSR count). The van der Waals surface area contributed by atoms with Crippen molar-refractivity contribution in [2.24, 2.45) is 0 Å². The van der Waals surface area contributed by atoms with Crippen molar-refractivity contribution in [2.45, 2.75) is 187 Å². The van der Waals surface area contributed by atoms with E-state index >= 15 is 0 Å². The van der Waals surface area contributed by atoms with Gasteiger partial charge >= 0.3 is 0 Å². The van der Waals surface area contributed by atoms with Gasteiger partial charge in [0.15, 0.2) is 0 Å². The molecular weight excluding hydrogens is 908 g/mol. The predicted molar refractivity (Wildman–Crippen MR) is 322 cm³/mol. The number of hydrogen-bond donors (Lipinski definition) is 0. The molecule has 3 nitrogen and oxygen atoms in total. The van der Waals surface area contributed by atoms with Gasteiger partial charge < -0.3 is 14.2 Å². The van der Waals surface area contributed by atoms with Crippen LogP contribution in [0.5, 0.6) is 0 Å². The number of nitrogens with zero attached hydrogens (tertiary/aromatic N) is 2. The number of aryl methyl sites for hydroxylation is 1. The summed E-state index contributed by atoms with van der Waals surface area (Å²) in [6, 6.07) is 37.6. The Morgan fingerprint density at radius 2 is 1.05 bits per heavy atom. The molecule has 3 heterocycles. The summed E-state index contributed by atoms with van der Waals surface area (Å²) in [5.41, 5.74) is 23.6. The summed E-state index contributed by atoms with van der Waals surface area (Å²) in [6.45, 7) is 38.1. The topological polar surface area (TPSA) is 19.6 Å². The Labute approximate surface area is 453 Å². The molecule has 4 heteroatoms. The van der Waals surface area contributed by atoms with Crippen LogP contribution in [0.15, 0.2) is 120 Å². The molecule has 75 heavy (non-hydrogen) atoms. The lowest BCUT2D eigenvalue weighted by molar-refractivity contribution is 0.332. The van der Waals surface area contributed by atoms with Crippen LogP contribution in [0.1, 0.15) is 191 Å². The van der Waals surface area contributed by atoms with Crippen molar-refractivity contribution in [1.82, 2.24) is 0 Å². The van der Waals surface area contributed by atoms with E-state index in [2.05, 4.69) is 199 Å². The van der Waals surface area contributed by atoms with Crippen LogP contribution in [0.2, 0.25) is 0 Å². The van der Waals surface area contributed by atoms with Crippen molar-refractivity contribution in [1.29, 1.82) is 0 Å². The highest BCUT2D eigenvalue weighted by Crippen LogP contribution is 2.56. The van der Waals surface area contributed by atoms with E-state index in [0.717, 1.165) is 94.1 Å². The minimum atomic E-state index is -0.225. The Kier molecular flexibility index (Phi) is 9.39. The monoisotopic (exact) mass is 990 g/mol. The van der Waals surface area contributed by atoms with Crippen LogP contribution in [-0.2, 0) is 37.9 Å². The van der Waals surface area contributed by atoms with Crippen LogP contribution < -0.4 is 26.4 Å². The molecule has 0 fully saturated rings. The summed E-state index contributed by atoms with van der Waals surface area (Å²) in [6.07, 6.45) is 6.74.